The Labute approximate surface area is 122 Å². The van der Waals surface area contributed by atoms with Gasteiger partial charge in [-0.3, -0.25) is 10.1 Å². The minimum atomic E-state index is -0.849. The maximum absolute atomic E-state index is 13.8. The number of ether oxygens (including phenoxy) is 1. The van der Waals surface area contributed by atoms with E-state index < -0.39 is 16.4 Å². The number of nitro groups is 1. The highest BCUT2D eigenvalue weighted by atomic mass is 127. The second-order valence-corrected chi connectivity index (χ2v) is 4.89. The molecule has 2 rings (SSSR count). The summed E-state index contributed by atoms with van der Waals surface area (Å²) in [5.74, 6) is -0.229. The molecule has 0 aliphatic rings. The second-order valence-electron chi connectivity index (χ2n) is 3.73. The summed E-state index contributed by atoms with van der Waals surface area (Å²) in [7, 11) is 0. The lowest BCUT2D eigenvalue weighted by Gasteiger charge is -2.08. The van der Waals surface area contributed by atoms with Gasteiger partial charge >= 0.3 is 5.69 Å². The van der Waals surface area contributed by atoms with E-state index in [1.54, 1.807) is 12.1 Å². The molecule has 6 heteroatoms. The van der Waals surface area contributed by atoms with Gasteiger partial charge in [0.2, 0.25) is 5.82 Å². The van der Waals surface area contributed by atoms with Crippen LogP contribution in [0.2, 0.25) is 0 Å². The van der Waals surface area contributed by atoms with Crippen molar-refractivity contribution in [2.45, 2.75) is 6.61 Å². The van der Waals surface area contributed by atoms with E-state index in [0.29, 0.717) is 5.75 Å². The summed E-state index contributed by atoms with van der Waals surface area (Å²) in [6.07, 6.45) is 0. The first kappa shape index (κ1) is 13.7. The summed E-state index contributed by atoms with van der Waals surface area (Å²) < 4.78 is 20.2. The van der Waals surface area contributed by atoms with E-state index in [-0.39, 0.29) is 12.2 Å². The van der Waals surface area contributed by atoms with E-state index in [0.717, 1.165) is 9.64 Å². The molecule has 0 bridgehead atoms. The van der Waals surface area contributed by atoms with Crippen LogP contribution in [0.1, 0.15) is 5.56 Å². The van der Waals surface area contributed by atoms with E-state index in [1.165, 1.54) is 12.1 Å². The predicted octanol–water partition coefficient (Wildman–Crippen LogP) is 3.92. The normalized spacial score (nSPS) is 10.2. The second kappa shape index (κ2) is 5.96. The SMILES string of the molecule is O=[N+]([O-])c1cccc(COc2ccccc2I)c1F. The van der Waals surface area contributed by atoms with E-state index in [1.807, 2.05) is 12.1 Å². The molecule has 0 fully saturated rings. The molecule has 0 N–H and O–H groups in total. The monoisotopic (exact) mass is 373 g/mol. The highest BCUT2D eigenvalue weighted by Crippen LogP contribution is 2.24. The van der Waals surface area contributed by atoms with E-state index >= 15 is 0 Å². The highest BCUT2D eigenvalue weighted by molar-refractivity contribution is 14.1. The number of benzene rings is 2. The Morgan fingerprint density at radius 2 is 1.95 bits per heavy atom. The van der Waals surface area contributed by atoms with Crippen molar-refractivity contribution in [2.24, 2.45) is 0 Å². The van der Waals surface area contributed by atoms with Crippen LogP contribution in [0.25, 0.3) is 0 Å². The average Bonchev–Trinajstić information content (AvgIpc) is 2.39. The van der Waals surface area contributed by atoms with E-state index in [2.05, 4.69) is 22.6 Å². The van der Waals surface area contributed by atoms with Gasteiger partial charge in [0, 0.05) is 11.6 Å². The Balaban J connectivity index is 2.19. The topological polar surface area (TPSA) is 52.4 Å². The third-order valence-electron chi connectivity index (χ3n) is 2.47. The van der Waals surface area contributed by atoms with Crippen molar-refractivity contribution in [1.29, 1.82) is 0 Å². The first-order valence-electron chi connectivity index (χ1n) is 5.38. The summed E-state index contributed by atoms with van der Waals surface area (Å²) in [6.45, 7) is -0.0481. The fourth-order valence-corrected chi connectivity index (χ4v) is 2.08. The highest BCUT2D eigenvalue weighted by Gasteiger charge is 2.17. The van der Waals surface area contributed by atoms with Gasteiger partial charge in [0.1, 0.15) is 12.4 Å². The first-order valence-corrected chi connectivity index (χ1v) is 6.46. The molecule has 19 heavy (non-hydrogen) atoms. The summed E-state index contributed by atoms with van der Waals surface area (Å²) in [4.78, 5) is 9.88. The van der Waals surface area contributed by atoms with Gasteiger partial charge in [0.25, 0.3) is 0 Å². The molecule has 0 unspecified atom stereocenters. The third-order valence-corrected chi connectivity index (χ3v) is 3.37. The first-order chi connectivity index (χ1) is 9.09. The molecule has 0 radical (unpaired) electrons. The van der Waals surface area contributed by atoms with Crippen LogP contribution in [0.4, 0.5) is 10.1 Å². The summed E-state index contributed by atoms with van der Waals surface area (Å²) in [5, 5.41) is 10.6. The molecule has 0 spiro atoms. The molecule has 0 aliphatic carbocycles. The fraction of sp³-hybridized carbons (Fsp3) is 0.0769. The van der Waals surface area contributed by atoms with Gasteiger partial charge in [-0.25, -0.2) is 0 Å². The smallest absolute Gasteiger partial charge is 0.305 e. The third kappa shape index (κ3) is 3.19. The van der Waals surface area contributed by atoms with Gasteiger partial charge in [-0.05, 0) is 34.7 Å². The number of hydrogen-bond acceptors (Lipinski definition) is 3. The molecular formula is C13H9FINO3. The molecule has 0 aliphatic heterocycles. The van der Waals surface area contributed by atoms with Crippen molar-refractivity contribution < 1.29 is 14.1 Å². The Kier molecular flexibility index (Phi) is 4.31. The zero-order valence-electron chi connectivity index (χ0n) is 9.68. The lowest BCUT2D eigenvalue weighted by Crippen LogP contribution is -2.02. The van der Waals surface area contributed by atoms with Crippen molar-refractivity contribution in [3.05, 3.63) is 67.5 Å². The van der Waals surface area contributed by atoms with Crippen LogP contribution in [-0.2, 0) is 6.61 Å². The van der Waals surface area contributed by atoms with Gasteiger partial charge in [0.05, 0.1) is 8.49 Å². The van der Waals surface area contributed by atoms with Crippen LogP contribution in [0.15, 0.2) is 42.5 Å². The van der Waals surface area contributed by atoms with Crippen molar-refractivity contribution in [3.8, 4) is 5.75 Å². The molecule has 0 heterocycles. The summed E-state index contributed by atoms with van der Waals surface area (Å²) in [5.41, 5.74) is -0.377. The van der Waals surface area contributed by atoms with Gasteiger partial charge < -0.3 is 4.74 Å². The van der Waals surface area contributed by atoms with E-state index in [4.69, 9.17) is 4.74 Å². The largest absolute Gasteiger partial charge is 0.488 e. The molecule has 0 saturated heterocycles. The predicted molar refractivity (Wildman–Crippen MR) is 76.5 cm³/mol. The molecule has 98 valence electrons. The van der Waals surface area contributed by atoms with Gasteiger partial charge in [-0.15, -0.1) is 0 Å². The van der Waals surface area contributed by atoms with Crippen LogP contribution < -0.4 is 4.74 Å². The van der Waals surface area contributed by atoms with E-state index in [9.17, 15) is 14.5 Å². The van der Waals surface area contributed by atoms with Crippen molar-refractivity contribution >= 4 is 28.3 Å². The Hall–Kier alpha value is -1.70. The standard InChI is InChI=1S/C13H9FINO3/c14-13-9(4-3-6-11(13)16(17)18)8-19-12-7-2-1-5-10(12)15/h1-7H,8H2. The minimum Gasteiger partial charge on any atom is -0.488 e. The fourth-order valence-electron chi connectivity index (χ4n) is 1.54. The number of nitro benzene ring substituents is 1. The molecule has 2 aromatic rings. The minimum absolute atomic E-state index is 0.0481. The van der Waals surface area contributed by atoms with Gasteiger partial charge in [-0.2, -0.15) is 4.39 Å². The molecule has 4 nitrogen and oxygen atoms in total. The Morgan fingerprint density at radius 3 is 2.63 bits per heavy atom. The van der Waals surface area contributed by atoms with Crippen LogP contribution in [0.3, 0.4) is 0 Å². The maximum Gasteiger partial charge on any atom is 0.305 e. The molecule has 2 aromatic carbocycles. The number of para-hydroxylation sites is 1. The van der Waals surface area contributed by atoms with Crippen molar-refractivity contribution in [2.75, 3.05) is 0 Å². The number of nitrogens with zero attached hydrogens (tertiary/aromatic N) is 1. The maximum atomic E-state index is 13.8. The van der Waals surface area contributed by atoms with Crippen LogP contribution >= 0.6 is 22.6 Å². The lowest BCUT2D eigenvalue weighted by molar-refractivity contribution is -0.387. The lowest BCUT2D eigenvalue weighted by atomic mass is 10.2. The van der Waals surface area contributed by atoms with Crippen LogP contribution in [0.5, 0.6) is 5.75 Å². The Bertz CT molecular complexity index is 619. The number of halogens is 2. The summed E-state index contributed by atoms with van der Waals surface area (Å²) >= 11 is 2.10. The number of hydrogen-bond donors (Lipinski definition) is 0. The molecular weight excluding hydrogens is 364 g/mol. The van der Waals surface area contributed by atoms with Crippen LogP contribution in [-0.4, -0.2) is 4.92 Å². The zero-order chi connectivity index (χ0) is 13.8. The summed E-state index contributed by atoms with van der Waals surface area (Å²) in [6, 6.07) is 11.3. The number of rotatable bonds is 4. The molecule has 0 atom stereocenters. The van der Waals surface area contributed by atoms with Gasteiger partial charge in [-0.1, -0.05) is 24.3 Å². The van der Waals surface area contributed by atoms with Crippen LogP contribution in [0, 0.1) is 19.5 Å². The molecule has 0 aromatic heterocycles. The van der Waals surface area contributed by atoms with Gasteiger partial charge in [0.15, 0.2) is 0 Å². The molecule has 0 saturated carbocycles. The zero-order valence-corrected chi connectivity index (χ0v) is 11.8. The molecule has 0 amide bonds. The quantitative estimate of drug-likeness (QED) is 0.464. The average molecular weight is 373 g/mol. The van der Waals surface area contributed by atoms with Crippen molar-refractivity contribution in [3.63, 3.8) is 0 Å². The Morgan fingerprint density at radius 1 is 1.21 bits per heavy atom. The van der Waals surface area contributed by atoms with Crippen molar-refractivity contribution in [1.82, 2.24) is 0 Å².